The standard InChI is InChI=1S/C6H11F3N.HI/c1-10(2,3)4-5(7)6(8)9;/h4,6H,1-3H3;1H/q+1;/p-1/b5-4+;. The van der Waals surface area contributed by atoms with Gasteiger partial charge in [0, 0.05) is 0 Å². The van der Waals surface area contributed by atoms with Crippen molar-refractivity contribution in [3.8, 4) is 0 Å². The summed E-state index contributed by atoms with van der Waals surface area (Å²) in [6.45, 7) is 0. The van der Waals surface area contributed by atoms with E-state index in [1.165, 1.54) is 0 Å². The maximum Gasteiger partial charge on any atom is 0.294 e. The summed E-state index contributed by atoms with van der Waals surface area (Å²) in [6.07, 6.45) is -2.12. The first-order valence-corrected chi connectivity index (χ1v) is 2.80. The fourth-order valence-electron chi connectivity index (χ4n) is 0.426. The van der Waals surface area contributed by atoms with Crippen LogP contribution in [0.15, 0.2) is 12.0 Å². The summed E-state index contributed by atoms with van der Waals surface area (Å²) in [5, 5.41) is 0. The lowest BCUT2D eigenvalue weighted by molar-refractivity contribution is -0.818. The molecule has 0 aromatic heterocycles. The molecule has 0 fully saturated rings. The smallest absolute Gasteiger partial charge is 0.294 e. The minimum absolute atomic E-state index is 0. The van der Waals surface area contributed by atoms with Crippen LogP contribution in [0.3, 0.4) is 0 Å². The van der Waals surface area contributed by atoms with Crippen LogP contribution in [0.25, 0.3) is 0 Å². The Bertz CT molecular complexity index is 139. The van der Waals surface area contributed by atoms with E-state index >= 15 is 0 Å². The molecule has 5 heteroatoms. The van der Waals surface area contributed by atoms with Crippen LogP contribution in [0.5, 0.6) is 0 Å². The molecule has 0 N–H and O–H groups in total. The molecule has 0 aromatic carbocycles. The summed E-state index contributed by atoms with van der Waals surface area (Å²) in [5.74, 6) is -1.37. The van der Waals surface area contributed by atoms with Gasteiger partial charge in [0.25, 0.3) is 6.43 Å². The average molecular weight is 281 g/mol. The first kappa shape index (κ1) is 13.8. The highest BCUT2D eigenvalue weighted by molar-refractivity contribution is 4.88. The lowest BCUT2D eigenvalue weighted by Gasteiger charge is -2.17. The molecular weight excluding hydrogens is 270 g/mol. The number of hydrogen-bond donors (Lipinski definition) is 0. The summed E-state index contributed by atoms with van der Waals surface area (Å²) in [6, 6.07) is 0. The van der Waals surface area contributed by atoms with Gasteiger partial charge in [-0.15, -0.1) is 0 Å². The SMILES string of the molecule is C[N+](C)(C)/C=C(/F)C(F)F.[I-]. The Hall–Kier alpha value is 0.220. The fraction of sp³-hybridized carbons (Fsp3) is 0.667. The number of alkyl halides is 2. The first-order valence-electron chi connectivity index (χ1n) is 2.80. The predicted molar refractivity (Wildman–Crippen MR) is 33.2 cm³/mol. The minimum atomic E-state index is -2.99. The molecule has 0 saturated carbocycles. The van der Waals surface area contributed by atoms with Crippen molar-refractivity contribution in [2.24, 2.45) is 0 Å². The van der Waals surface area contributed by atoms with E-state index < -0.39 is 12.3 Å². The van der Waals surface area contributed by atoms with Crippen molar-refractivity contribution in [2.45, 2.75) is 6.43 Å². The summed E-state index contributed by atoms with van der Waals surface area (Å²) < 4.78 is 35.2. The van der Waals surface area contributed by atoms with Gasteiger partial charge in [-0.05, 0) is 0 Å². The monoisotopic (exact) mass is 281 g/mol. The highest BCUT2D eigenvalue weighted by Gasteiger charge is 2.15. The third-order valence-electron chi connectivity index (χ3n) is 0.719. The van der Waals surface area contributed by atoms with Crippen molar-refractivity contribution in [1.82, 2.24) is 0 Å². The highest BCUT2D eigenvalue weighted by atomic mass is 127. The number of allylic oxidation sites excluding steroid dienone is 1. The van der Waals surface area contributed by atoms with Crippen molar-refractivity contribution in [2.75, 3.05) is 21.1 Å². The first-order chi connectivity index (χ1) is 4.33. The van der Waals surface area contributed by atoms with Crippen LogP contribution in [0, 0.1) is 0 Å². The Labute approximate surface area is 81.5 Å². The van der Waals surface area contributed by atoms with Crippen molar-refractivity contribution >= 4 is 0 Å². The molecule has 0 aliphatic rings. The van der Waals surface area contributed by atoms with Crippen LogP contribution >= 0.6 is 0 Å². The Morgan fingerprint density at radius 3 is 1.73 bits per heavy atom. The predicted octanol–water partition coefficient (Wildman–Crippen LogP) is -1.23. The van der Waals surface area contributed by atoms with Crippen molar-refractivity contribution < 1.29 is 41.6 Å². The summed E-state index contributed by atoms with van der Waals surface area (Å²) in [5.41, 5.74) is 0. The third-order valence-corrected chi connectivity index (χ3v) is 0.719. The normalized spacial score (nSPS) is 13.2. The molecule has 0 rings (SSSR count). The topological polar surface area (TPSA) is 0 Å². The van der Waals surface area contributed by atoms with Gasteiger partial charge in [-0.2, -0.15) is 4.39 Å². The maximum absolute atomic E-state index is 12.1. The molecule has 0 bridgehead atoms. The zero-order valence-electron chi connectivity index (χ0n) is 6.61. The van der Waals surface area contributed by atoms with Gasteiger partial charge in [-0.3, -0.25) is 0 Å². The Morgan fingerprint density at radius 2 is 1.64 bits per heavy atom. The van der Waals surface area contributed by atoms with Crippen molar-refractivity contribution in [1.29, 1.82) is 0 Å². The van der Waals surface area contributed by atoms with E-state index in [1.54, 1.807) is 21.1 Å². The lowest BCUT2D eigenvalue weighted by Crippen LogP contribution is -3.00. The summed E-state index contributed by atoms with van der Waals surface area (Å²) >= 11 is 0. The van der Waals surface area contributed by atoms with Crippen LogP contribution in [0.1, 0.15) is 0 Å². The van der Waals surface area contributed by atoms with Crippen LogP contribution < -0.4 is 24.0 Å². The van der Waals surface area contributed by atoms with Gasteiger partial charge in [0.1, 0.15) is 6.20 Å². The second kappa shape index (κ2) is 4.97. The van der Waals surface area contributed by atoms with Gasteiger partial charge in [0.2, 0.25) is 5.83 Å². The van der Waals surface area contributed by atoms with Gasteiger partial charge in [-0.1, -0.05) is 0 Å². The Balaban J connectivity index is 0. The zero-order valence-corrected chi connectivity index (χ0v) is 8.77. The zero-order chi connectivity index (χ0) is 8.36. The van der Waals surface area contributed by atoms with Gasteiger partial charge >= 0.3 is 0 Å². The van der Waals surface area contributed by atoms with E-state index in [-0.39, 0.29) is 28.5 Å². The second-order valence-electron chi connectivity index (χ2n) is 2.93. The molecule has 0 heterocycles. The van der Waals surface area contributed by atoms with Crippen molar-refractivity contribution in [3.63, 3.8) is 0 Å². The van der Waals surface area contributed by atoms with E-state index in [4.69, 9.17) is 0 Å². The number of halogens is 4. The van der Waals surface area contributed by atoms with E-state index in [9.17, 15) is 13.2 Å². The molecule has 0 aromatic rings. The van der Waals surface area contributed by atoms with E-state index in [1.807, 2.05) is 0 Å². The largest absolute Gasteiger partial charge is 1.00 e. The van der Waals surface area contributed by atoms with Gasteiger partial charge in [-0.25, -0.2) is 8.78 Å². The number of rotatable bonds is 2. The quantitative estimate of drug-likeness (QED) is 0.439. The van der Waals surface area contributed by atoms with Gasteiger partial charge in [0.15, 0.2) is 0 Å². The Morgan fingerprint density at radius 1 is 1.27 bits per heavy atom. The van der Waals surface area contributed by atoms with Crippen LogP contribution in [0.2, 0.25) is 0 Å². The molecule has 0 atom stereocenters. The summed E-state index contributed by atoms with van der Waals surface area (Å²) in [4.78, 5) is 0. The molecule has 0 unspecified atom stereocenters. The highest BCUT2D eigenvalue weighted by Crippen LogP contribution is 2.11. The molecule has 68 valence electrons. The third kappa shape index (κ3) is 8.12. The second-order valence-corrected chi connectivity index (χ2v) is 2.93. The lowest BCUT2D eigenvalue weighted by atomic mass is 10.5. The van der Waals surface area contributed by atoms with Crippen molar-refractivity contribution in [3.05, 3.63) is 12.0 Å². The molecule has 0 amide bonds. The molecule has 0 saturated heterocycles. The number of nitrogens with zero attached hydrogens (tertiary/aromatic N) is 1. The summed E-state index contributed by atoms with van der Waals surface area (Å²) in [7, 11) is 4.80. The minimum Gasteiger partial charge on any atom is -1.00 e. The Kier molecular flexibility index (Phi) is 6.23. The number of quaternary nitrogens is 1. The molecule has 0 aliphatic carbocycles. The molecule has 0 aliphatic heterocycles. The molecule has 1 nitrogen and oxygen atoms in total. The molecule has 0 spiro atoms. The van der Waals surface area contributed by atoms with Gasteiger partial charge < -0.3 is 28.5 Å². The van der Waals surface area contributed by atoms with E-state index in [0.717, 1.165) is 6.20 Å². The van der Waals surface area contributed by atoms with E-state index in [2.05, 4.69) is 0 Å². The molecular formula is C6H11F3IN. The van der Waals surface area contributed by atoms with E-state index in [0.29, 0.717) is 0 Å². The number of hydrogen-bond acceptors (Lipinski definition) is 0. The van der Waals surface area contributed by atoms with Crippen LogP contribution in [-0.4, -0.2) is 32.1 Å². The average Bonchev–Trinajstić information content (AvgIpc) is 1.60. The van der Waals surface area contributed by atoms with Crippen LogP contribution in [0.4, 0.5) is 13.2 Å². The van der Waals surface area contributed by atoms with Crippen LogP contribution in [-0.2, 0) is 0 Å². The molecule has 11 heavy (non-hydrogen) atoms. The van der Waals surface area contributed by atoms with Gasteiger partial charge in [0.05, 0.1) is 21.1 Å². The maximum atomic E-state index is 12.1. The molecule has 0 radical (unpaired) electrons. The fourth-order valence-corrected chi connectivity index (χ4v) is 0.426.